The van der Waals surface area contributed by atoms with Crippen molar-refractivity contribution in [3.8, 4) is 22.6 Å². The third-order valence-corrected chi connectivity index (χ3v) is 4.26. The van der Waals surface area contributed by atoms with E-state index in [0.717, 1.165) is 36.6 Å². The molecule has 23 heavy (non-hydrogen) atoms. The van der Waals surface area contributed by atoms with Gasteiger partial charge in [0, 0.05) is 12.1 Å². The molecule has 2 nitrogen and oxygen atoms in total. The maximum absolute atomic E-state index is 6.10. The van der Waals surface area contributed by atoms with E-state index < -0.39 is 0 Å². The van der Waals surface area contributed by atoms with E-state index in [1.807, 2.05) is 42.5 Å². The van der Waals surface area contributed by atoms with Crippen molar-refractivity contribution in [2.75, 3.05) is 6.54 Å². The van der Waals surface area contributed by atoms with Crippen molar-refractivity contribution in [3.63, 3.8) is 0 Å². The van der Waals surface area contributed by atoms with Crippen molar-refractivity contribution >= 4 is 0 Å². The fraction of sp³-hybridized carbons (Fsp3) is 0.143. The fourth-order valence-electron chi connectivity index (χ4n) is 3.05. The van der Waals surface area contributed by atoms with Crippen LogP contribution in [0.15, 0.2) is 72.8 Å². The first-order valence-electron chi connectivity index (χ1n) is 8.05. The summed E-state index contributed by atoms with van der Waals surface area (Å²) < 4.78 is 6.10. The number of para-hydroxylation sites is 2. The third kappa shape index (κ3) is 2.99. The van der Waals surface area contributed by atoms with Gasteiger partial charge in [0.2, 0.25) is 0 Å². The monoisotopic (exact) mass is 301 g/mol. The lowest BCUT2D eigenvalue weighted by molar-refractivity contribution is 0.484. The number of fused-ring (bicyclic) bond motifs is 1. The summed E-state index contributed by atoms with van der Waals surface area (Å²) in [6.07, 6.45) is 1.09. The number of hydrogen-bond donors (Lipinski definition) is 1. The van der Waals surface area contributed by atoms with Gasteiger partial charge in [0.05, 0.1) is 0 Å². The van der Waals surface area contributed by atoms with Crippen LogP contribution in [-0.4, -0.2) is 6.54 Å². The lowest BCUT2D eigenvalue weighted by Crippen LogP contribution is -2.23. The first kappa shape index (κ1) is 14.0. The van der Waals surface area contributed by atoms with Crippen LogP contribution in [0.25, 0.3) is 11.1 Å². The standard InChI is InChI=1S/C21H19NO/c1-2-6-19(7-3-1)23-21-9-5-4-8-20(21)17-10-11-18-15-22-13-12-16(18)14-17/h1-11,14,22H,12-13,15H2. The predicted molar refractivity (Wildman–Crippen MR) is 93.8 cm³/mol. The molecule has 0 fully saturated rings. The van der Waals surface area contributed by atoms with Gasteiger partial charge in [-0.25, -0.2) is 0 Å². The zero-order chi connectivity index (χ0) is 15.5. The van der Waals surface area contributed by atoms with E-state index in [-0.39, 0.29) is 0 Å². The lowest BCUT2D eigenvalue weighted by atomic mass is 9.95. The highest BCUT2D eigenvalue weighted by Crippen LogP contribution is 2.34. The molecule has 0 saturated carbocycles. The van der Waals surface area contributed by atoms with Gasteiger partial charge in [-0.3, -0.25) is 0 Å². The van der Waals surface area contributed by atoms with E-state index in [1.165, 1.54) is 16.7 Å². The quantitative estimate of drug-likeness (QED) is 0.751. The zero-order valence-electron chi connectivity index (χ0n) is 13.0. The van der Waals surface area contributed by atoms with Crippen LogP contribution in [-0.2, 0) is 13.0 Å². The van der Waals surface area contributed by atoms with Crippen LogP contribution >= 0.6 is 0 Å². The lowest BCUT2D eigenvalue weighted by Gasteiger charge is -2.19. The molecule has 1 N–H and O–H groups in total. The van der Waals surface area contributed by atoms with E-state index in [9.17, 15) is 0 Å². The average Bonchev–Trinajstić information content (AvgIpc) is 2.63. The molecule has 0 spiro atoms. The SMILES string of the molecule is c1ccc(Oc2ccccc2-c2ccc3c(c2)CCNC3)cc1. The van der Waals surface area contributed by atoms with Gasteiger partial charge in [0.1, 0.15) is 11.5 Å². The molecule has 3 aromatic carbocycles. The Labute approximate surface area is 136 Å². The molecule has 114 valence electrons. The molecule has 0 amide bonds. The Morgan fingerprint density at radius 2 is 1.61 bits per heavy atom. The van der Waals surface area contributed by atoms with Gasteiger partial charge >= 0.3 is 0 Å². The molecule has 1 heterocycles. The number of nitrogens with one attached hydrogen (secondary N) is 1. The van der Waals surface area contributed by atoms with E-state index in [0.29, 0.717) is 0 Å². The number of hydrogen-bond acceptors (Lipinski definition) is 2. The van der Waals surface area contributed by atoms with E-state index >= 15 is 0 Å². The Balaban J connectivity index is 1.72. The van der Waals surface area contributed by atoms with Crippen molar-refractivity contribution in [3.05, 3.63) is 83.9 Å². The Bertz CT molecular complexity index is 811. The number of ether oxygens (including phenoxy) is 1. The van der Waals surface area contributed by atoms with E-state index in [2.05, 4.69) is 35.6 Å². The van der Waals surface area contributed by atoms with Gasteiger partial charge in [-0.1, -0.05) is 54.6 Å². The van der Waals surface area contributed by atoms with Crippen LogP contribution < -0.4 is 10.1 Å². The second-order valence-corrected chi connectivity index (χ2v) is 5.82. The summed E-state index contributed by atoms with van der Waals surface area (Å²) in [5, 5.41) is 3.42. The highest BCUT2D eigenvalue weighted by atomic mass is 16.5. The summed E-state index contributed by atoms with van der Waals surface area (Å²) in [6, 6.07) is 24.9. The molecule has 0 aliphatic carbocycles. The summed E-state index contributed by atoms with van der Waals surface area (Å²) in [5.41, 5.74) is 5.20. The second kappa shape index (κ2) is 6.27. The number of benzene rings is 3. The van der Waals surface area contributed by atoms with Crippen LogP contribution in [0.4, 0.5) is 0 Å². The van der Waals surface area contributed by atoms with Crippen molar-refractivity contribution in [1.82, 2.24) is 5.32 Å². The molecule has 1 aliphatic heterocycles. The fourth-order valence-corrected chi connectivity index (χ4v) is 3.05. The Hall–Kier alpha value is -2.58. The molecule has 1 aliphatic rings. The molecular formula is C21H19NO. The van der Waals surface area contributed by atoms with Gasteiger partial charge in [0.15, 0.2) is 0 Å². The summed E-state index contributed by atoms with van der Waals surface area (Å²) in [5.74, 6) is 1.76. The molecule has 0 saturated heterocycles. The molecule has 4 rings (SSSR count). The van der Waals surface area contributed by atoms with Crippen LogP contribution in [0.1, 0.15) is 11.1 Å². The highest BCUT2D eigenvalue weighted by Gasteiger charge is 2.12. The van der Waals surface area contributed by atoms with Gasteiger partial charge in [0.25, 0.3) is 0 Å². The van der Waals surface area contributed by atoms with Crippen LogP contribution in [0, 0.1) is 0 Å². The van der Waals surface area contributed by atoms with Crippen molar-refractivity contribution in [1.29, 1.82) is 0 Å². The molecule has 0 unspecified atom stereocenters. The van der Waals surface area contributed by atoms with Gasteiger partial charge in [-0.15, -0.1) is 0 Å². The first-order valence-corrected chi connectivity index (χ1v) is 8.05. The minimum Gasteiger partial charge on any atom is -0.457 e. The summed E-state index contributed by atoms with van der Waals surface area (Å²) in [7, 11) is 0. The normalized spacial score (nSPS) is 13.4. The first-order chi connectivity index (χ1) is 11.4. The molecule has 0 radical (unpaired) electrons. The van der Waals surface area contributed by atoms with Crippen LogP contribution in [0.3, 0.4) is 0 Å². The smallest absolute Gasteiger partial charge is 0.135 e. The van der Waals surface area contributed by atoms with Crippen molar-refractivity contribution < 1.29 is 4.74 Å². The third-order valence-electron chi connectivity index (χ3n) is 4.26. The average molecular weight is 301 g/mol. The summed E-state index contributed by atoms with van der Waals surface area (Å²) >= 11 is 0. The Morgan fingerprint density at radius 3 is 2.52 bits per heavy atom. The molecule has 0 atom stereocenters. The van der Waals surface area contributed by atoms with Gasteiger partial charge in [-0.05, 0) is 47.9 Å². The maximum Gasteiger partial charge on any atom is 0.135 e. The summed E-state index contributed by atoms with van der Waals surface area (Å²) in [4.78, 5) is 0. The largest absolute Gasteiger partial charge is 0.457 e. The van der Waals surface area contributed by atoms with Crippen molar-refractivity contribution in [2.24, 2.45) is 0 Å². The topological polar surface area (TPSA) is 21.3 Å². The van der Waals surface area contributed by atoms with E-state index in [1.54, 1.807) is 0 Å². The predicted octanol–water partition coefficient (Wildman–Crippen LogP) is 4.79. The van der Waals surface area contributed by atoms with Crippen LogP contribution in [0.5, 0.6) is 11.5 Å². The molecule has 0 aromatic heterocycles. The Morgan fingerprint density at radius 1 is 0.783 bits per heavy atom. The molecule has 2 heteroatoms. The number of rotatable bonds is 3. The molecule has 0 bridgehead atoms. The van der Waals surface area contributed by atoms with Gasteiger partial charge in [-0.2, -0.15) is 0 Å². The Kier molecular flexibility index (Phi) is 3.83. The second-order valence-electron chi connectivity index (χ2n) is 5.82. The zero-order valence-corrected chi connectivity index (χ0v) is 13.0. The van der Waals surface area contributed by atoms with E-state index in [4.69, 9.17) is 4.74 Å². The van der Waals surface area contributed by atoms with Crippen LogP contribution in [0.2, 0.25) is 0 Å². The summed E-state index contributed by atoms with van der Waals surface area (Å²) in [6.45, 7) is 2.02. The van der Waals surface area contributed by atoms with Crippen molar-refractivity contribution in [2.45, 2.75) is 13.0 Å². The molecular weight excluding hydrogens is 282 g/mol. The minimum atomic E-state index is 0.863. The minimum absolute atomic E-state index is 0.863. The van der Waals surface area contributed by atoms with Gasteiger partial charge < -0.3 is 10.1 Å². The maximum atomic E-state index is 6.10. The molecule has 3 aromatic rings. The highest BCUT2D eigenvalue weighted by molar-refractivity contribution is 5.72.